The number of aliphatic hydroxyl groups excluding tert-OH is 1. The average molecular weight is 467 g/mol. The Morgan fingerprint density at radius 2 is 1.82 bits per heavy atom. The first-order valence-corrected chi connectivity index (χ1v) is 12.8. The number of ether oxygens (including phenoxy) is 2. The highest BCUT2D eigenvalue weighted by molar-refractivity contribution is 5.78. The molecule has 2 aliphatic carbocycles. The van der Waals surface area contributed by atoms with Gasteiger partial charge in [0.05, 0.1) is 11.8 Å². The van der Waals surface area contributed by atoms with E-state index in [2.05, 4.69) is 11.4 Å². The van der Waals surface area contributed by atoms with E-state index in [1.807, 2.05) is 36.4 Å². The molecule has 0 bridgehead atoms. The number of amides is 1. The molecule has 4 N–H and O–H groups in total. The van der Waals surface area contributed by atoms with Gasteiger partial charge in [-0.25, -0.2) is 0 Å². The Hall–Kier alpha value is -2.73. The summed E-state index contributed by atoms with van der Waals surface area (Å²) in [7, 11) is 0. The van der Waals surface area contributed by atoms with E-state index >= 15 is 0 Å². The normalized spacial score (nSPS) is 19.5. The van der Waals surface area contributed by atoms with E-state index < -0.39 is 6.10 Å². The van der Waals surface area contributed by atoms with E-state index in [0.29, 0.717) is 23.8 Å². The maximum Gasteiger partial charge on any atom is 0.258 e. The van der Waals surface area contributed by atoms with E-state index in [1.165, 1.54) is 24.8 Å². The number of para-hydroxylation sites is 1. The molecule has 2 aliphatic rings. The SMILES string of the molecule is Nc1c(OCC(=O)NC2CCCCC2)ccc2c1CC(C[C@H](O)COc1ccccc1)CCC2. The zero-order valence-corrected chi connectivity index (χ0v) is 20.0. The quantitative estimate of drug-likeness (QED) is 0.376. The summed E-state index contributed by atoms with van der Waals surface area (Å²) in [6.07, 6.45) is 9.72. The molecule has 6 heteroatoms. The van der Waals surface area contributed by atoms with Gasteiger partial charge in [-0.15, -0.1) is 0 Å². The predicted molar refractivity (Wildman–Crippen MR) is 134 cm³/mol. The largest absolute Gasteiger partial charge is 0.491 e. The van der Waals surface area contributed by atoms with Gasteiger partial charge in [-0.1, -0.05) is 43.5 Å². The second-order valence-electron chi connectivity index (χ2n) is 9.78. The smallest absolute Gasteiger partial charge is 0.258 e. The Kier molecular flexibility index (Phi) is 8.69. The topological polar surface area (TPSA) is 93.8 Å². The van der Waals surface area contributed by atoms with Crippen molar-refractivity contribution >= 4 is 11.6 Å². The number of aryl methyl sites for hydroxylation is 1. The van der Waals surface area contributed by atoms with Gasteiger partial charge in [0.2, 0.25) is 0 Å². The maximum absolute atomic E-state index is 12.4. The molecule has 0 aliphatic heterocycles. The van der Waals surface area contributed by atoms with Crippen LogP contribution in [0.3, 0.4) is 0 Å². The van der Waals surface area contributed by atoms with Crippen LogP contribution in [0, 0.1) is 5.92 Å². The summed E-state index contributed by atoms with van der Waals surface area (Å²) < 4.78 is 11.6. The summed E-state index contributed by atoms with van der Waals surface area (Å²) in [6.45, 7) is 0.264. The van der Waals surface area contributed by atoms with Crippen molar-refractivity contribution < 1.29 is 19.4 Å². The minimum absolute atomic E-state index is 0.0154. The number of nitrogens with one attached hydrogen (secondary N) is 1. The van der Waals surface area contributed by atoms with Gasteiger partial charge in [0, 0.05) is 6.04 Å². The van der Waals surface area contributed by atoms with E-state index in [9.17, 15) is 9.90 Å². The van der Waals surface area contributed by atoms with Crippen LogP contribution in [-0.2, 0) is 17.6 Å². The Bertz CT molecular complexity index is 928. The monoisotopic (exact) mass is 466 g/mol. The molecule has 0 radical (unpaired) electrons. The van der Waals surface area contributed by atoms with Crippen LogP contribution < -0.4 is 20.5 Å². The highest BCUT2D eigenvalue weighted by Crippen LogP contribution is 2.36. The molecule has 0 spiro atoms. The predicted octanol–water partition coefficient (Wildman–Crippen LogP) is 4.42. The third-order valence-electron chi connectivity index (χ3n) is 7.09. The van der Waals surface area contributed by atoms with Crippen molar-refractivity contribution in [1.29, 1.82) is 0 Å². The number of hydrogen-bond acceptors (Lipinski definition) is 5. The Labute approximate surface area is 202 Å². The second kappa shape index (κ2) is 12.1. The molecule has 1 saturated carbocycles. The van der Waals surface area contributed by atoms with Gasteiger partial charge in [0.15, 0.2) is 6.61 Å². The summed E-state index contributed by atoms with van der Waals surface area (Å²) in [4.78, 5) is 12.4. The molecular weight excluding hydrogens is 428 g/mol. The van der Waals surface area contributed by atoms with Crippen LogP contribution >= 0.6 is 0 Å². The Morgan fingerprint density at radius 1 is 1.03 bits per heavy atom. The van der Waals surface area contributed by atoms with Gasteiger partial charge in [0.25, 0.3) is 5.91 Å². The number of carbonyl (C=O) groups is 1. The number of aliphatic hydroxyl groups is 1. The number of anilines is 1. The maximum atomic E-state index is 12.4. The zero-order valence-electron chi connectivity index (χ0n) is 20.0. The van der Waals surface area contributed by atoms with Crippen molar-refractivity contribution in [2.24, 2.45) is 5.92 Å². The molecule has 0 saturated heterocycles. The molecule has 1 unspecified atom stereocenters. The third kappa shape index (κ3) is 6.89. The molecule has 2 aromatic carbocycles. The second-order valence-corrected chi connectivity index (χ2v) is 9.78. The van der Waals surface area contributed by atoms with Crippen molar-refractivity contribution in [3.63, 3.8) is 0 Å². The van der Waals surface area contributed by atoms with Crippen LogP contribution in [0.5, 0.6) is 11.5 Å². The molecule has 0 aromatic heterocycles. The van der Waals surface area contributed by atoms with Crippen molar-refractivity contribution in [3.05, 3.63) is 53.6 Å². The average Bonchev–Trinajstić information content (AvgIpc) is 3.06. The van der Waals surface area contributed by atoms with Gasteiger partial charge >= 0.3 is 0 Å². The van der Waals surface area contributed by atoms with Crippen LogP contribution in [-0.4, -0.2) is 36.4 Å². The fourth-order valence-corrected chi connectivity index (χ4v) is 5.28. The van der Waals surface area contributed by atoms with Crippen LogP contribution in [0.1, 0.15) is 62.5 Å². The van der Waals surface area contributed by atoms with Crippen molar-refractivity contribution in [2.45, 2.75) is 76.4 Å². The fraction of sp³-hybridized carbons (Fsp3) is 0.536. The lowest BCUT2D eigenvalue weighted by atomic mass is 9.91. The van der Waals surface area contributed by atoms with Gasteiger partial charge < -0.3 is 25.6 Å². The lowest BCUT2D eigenvalue weighted by molar-refractivity contribution is -0.124. The molecule has 0 heterocycles. The number of hydrogen-bond donors (Lipinski definition) is 3. The first-order chi connectivity index (χ1) is 16.6. The summed E-state index contributed by atoms with van der Waals surface area (Å²) >= 11 is 0. The van der Waals surface area contributed by atoms with E-state index in [1.54, 1.807) is 0 Å². The molecule has 6 nitrogen and oxygen atoms in total. The third-order valence-corrected chi connectivity index (χ3v) is 7.09. The highest BCUT2D eigenvalue weighted by Gasteiger charge is 2.23. The standard InChI is InChI=1S/C28H38N2O4/c29-28-25-17-20(16-23(31)18-33-24-12-5-2-6-13-24)8-7-9-21(25)14-15-26(28)34-19-27(32)30-22-10-3-1-4-11-22/h2,5-6,12-15,20,22-23,31H,1,3-4,7-11,16-19,29H2,(H,30,32)/t20?,23-/m0/s1. The summed E-state index contributed by atoms with van der Waals surface area (Å²) in [5.41, 5.74) is 9.50. The van der Waals surface area contributed by atoms with E-state index in [4.69, 9.17) is 15.2 Å². The van der Waals surface area contributed by atoms with Gasteiger partial charge in [-0.3, -0.25) is 4.79 Å². The summed E-state index contributed by atoms with van der Waals surface area (Å²) in [6, 6.07) is 13.8. The number of rotatable bonds is 9. The van der Waals surface area contributed by atoms with E-state index in [-0.39, 0.29) is 25.2 Å². The first kappa shape index (κ1) is 24.4. The number of nitrogen functional groups attached to an aromatic ring is 1. The van der Waals surface area contributed by atoms with Crippen LogP contribution in [0.2, 0.25) is 0 Å². The van der Waals surface area contributed by atoms with Crippen LogP contribution in [0.4, 0.5) is 5.69 Å². The summed E-state index contributed by atoms with van der Waals surface area (Å²) in [5.74, 6) is 1.58. The van der Waals surface area contributed by atoms with Crippen LogP contribution in [0.25, 0.3) is 0 Å². The van der Waals surface area contributed by atoms with E-state index in [0.717, 1.165) is 49.8 Å². The first-order valence-electron chi connectivity index (χ1n) is 12.8. The molecule has 1 fully saturated rings. The van der Waals surface area contributed by atoms with Gasteiger partial charge in [-0.2, -0.15) is 0 Å². The number of nitrogens with two attached hydrogens (primary N) is 1. The highest BCUT2D eigenvalue weighted by atomic mass is 16.5. The molecule has 184 valence electrons. The Balaban J connectivity index is 1.31. The van der Waals surface area contributed by atoms with Crippen molar-refractivity contribution in [3.8, 4) is 11.5 Å². The lowest BCUT2D eigenvalue weighted by Crippen LogP contribution is -2.39. The molecule has 1 amide bonds. The number of fused-ring (bicyclic) bond motifs is 1. The Morgan fingerprint density at radius 3 is 2.62 bits per heavy atom. The van der Waals surface area contributed by atoms with Crippen molar-refractivity contribution in [2.75, 3.05) is 18.9 Å². The molecule has 2 atom stereocenters. The van der Waals surface area contributed by atoms with Gasteiger partial charge in [-0.05, 0) is 80.2 Å². The minimum atomic E-state index is -0.532. The van der Waals surface area contributed by atoms with Gasteiger partial charge in [0.1, 0.15) is 18.1 Å². The molecule has 2 aromatic rings. The number of carbonyl (C=O) groups excluding carboxylic acids is 1. The van der Waals surface area contributed by atoms with Crippen LogP contribution in [0.15, 0.2) is 42.5 Å². The minimum Gasteiger partial charge on any atom is -0.491 e. The lowest BCUT2D eigenvalue weighted by Gasteiger charge is -2.23. The fourth-order valence-electron chi connectivity index (χ4n) is 5.28. The molecular formula is C28H38N2O4. The molecule has 4 rings (SSSR count). The summed E-state index contributed by atoms with van der Waals surface area (Å²) in [5, 5.41) is 13.7. The van der Waals surface area contributed by atoms with Crippen molar-refractivity contribution in [1.82, 2.24) is 5.32 Å². The zero-order chi connectivity index (χ0) is 23.8. The number of benzene rings is 2. The molecule has 34 heavy (non-hydrogen) atoms.